The van der Waals surface area contributed by atoms with Gasteiger partial charge in [0.05, 0.1) is 12.0 Å². The van der Waals surface area contributed by atoms with Crippen LogP contribution < -0.4 is 0 Å². The lowest BCUT2D eigenvalue weighted by Gasteiger charge is -2.31. The maximum Gasteiger partial charge on any atom is 0.327 e. The molecule has 8 heteroatoms. The monoisotopic (exact) mass is 375 g/mol. The standard InChI is InChI=1S/C16H22ClNO5S/c1-5-11-18(15(23-6-2)14(17)16(19)22-4)24(20,21)13-9-7-12(3)8-10-13/h5,7-10,14-15H,1,6,11H2,2-4H3/t14-,15+/m0/s1. The molecule has 0 N–H and O–H groups in total. The van der Waals surface area contributed by atoms with Crippen molar-refractivity contribution in [2.75, 3.05) is 20.3 Å². The molecule has 0 radical (unpaired) electrons. The molecule has 0 amide bonds. The molecule has 0 spiro atoms. The highest BCUT2D eigenvalue weighted by atomic mass is 35.5. The van der Waals surface area contributed by atoms with Crippen LogP contribution in [0.2, 0.25) is 0 Å². The van der Waals surface area contributed by atoms with Gasteiger partial charge in [0.25, 0.3) is 0 Å². The summed E-state index contributed by atoms with van der Waals surface area (Å²) in [6, 6.07) is 6.36. The molecule has 0 aliphatic carbocycles. The highest BCUT2D eigenvalue weighted by Gasteiger charge is 2.39. The third-order valence-electron chi connectivity index (χ3n) is 3.23. The Morgan fingerprint density at radius 1 is 1.38 bits per heavy atom. The van der Waals surface area contributed by atoms with E-state index in [4.69, 9.17) is 16.3 Å². The number of halogens is 1. The third kappa shape index (κ3) is 4.80. The van der Waals surface area contributed by atoms with Crippen molar-refractivity contribution in [2.24, 2.45) is 0 Å². The Labute approximate surface area is 148 Å². The van der Waals surface area contributed by atoms with Crippen LogP contribution in [-0.4, -0.2) is 50.6 Å². The minimum absolute atomic E-state index is 0.0684. The molecule has 1 rings (SSSR count). The fourth-order valence-electron chi connectivity index (χ4n) is 2.03. The van der Waals surface area contributed by atoms with Gasteiger partial charge in [-0.1, -0.05) is 23.8 Å². The Bertz CT molecular complexity index is 660. The average Bonchev–Trinajstić information content (AvgIpc) is 2.57. The van der Waals surface area contributed by atoms with Crippen LogP contribution in [0.15, 0.2) is 41.8 Å². The molecule has 2 atom stereocenters. The minimum Gasteiger partial charge on any atom is -0.468 e. The van der Waals surface area contributed by atoms with Crippen molar-refractivity contribution in [1.29, 1.82) is 0 Å². The molecule has 1 aromatic carbocycles. The van der Waals surface area contributed by atoms with Crippen LogP contribution in [0.25, 0.3) is 0 Å². The molecule has 24 heavy (non-hydrogen) atoms. The Morgan fingerprint density at radius 3 is 2.42 bits per heavy atom. The zero-order chi connectivity index (χ0) is 18.3. The lowest BCUT2D eigenvalue weighted by Crippen LogP contribution is -2.49. The largest absolute Gasteiger partial charge is 0.468 e. The Morgan fingerprint density at radius 2 is 1.96 bits per heavy atom. The van der Waals surface area contributed by atoms with Crippen molar-refractivity contribution in [3.63, 3.8) is 0 Å². The number of carbonyl (C=O) groups is 1. The fraction of sp³-hybridized carbons (Fsp3) is 0.438. The topological polar surface area (TPSA) is 72.9 Å². The predicted molar refractivity (Wildman–Crippen MR) is 92.3 cm³/mol. The fourth-order valence-corrected chi connectivity index (χ4v) is 3.90. The van der Waals surface area contributed by atoms with Gasteiger partial charge in [-0.25, -0.2) is 8.42 Å². The molecule has 0 bridgehead atoms. The van der Waals surface area contributed by atoms with Crippen LogP contribution in [0, 0.1) is 6.92 Å². The van der Waals surface area contributed by atoms with Gasteiger partial charge in [-0.2, -0.15) is 4.31 Å². The molecule has 1 aromatic rings. The summed E-state index contributed by atoms with van der Waals surface area (Å²) in [6.45, 7) is 7.20. The molecule has 134 valence electrons. The van der Waals surface area contributed by atoms with Gasteiger partial charge in [0.15, 0.2) is 11.6 Å². The molecule has 0 aliphatic heterocycles. The van der Waals surface area contributed by atoms with E-state index in [0.29, 0.717) is 0 Å². The van der Waals surface area contributed by atoms with Gasteiger partial charge in [0, 0.05) is 13.2 Å². The first kappa shape index (κ1) is 20.6. The van der Waals surface area contributed by atoms with E-state index in [9.17, 15) is 13.2 Å². The summed E-state index contributed by atoms with van der Waals surface area (Å²) in [5, 5.41) is -1.31. The second kappa shape index (κ2) is 9.17. The van der Waals surface area contributed by atoms with Crippen molar-refractivity contribution in [2.45, 2.75) is 30.3 Å². The van der Waals surface area contributed by atoms with Crippen LogP contribution in [0.3, 0.4) is 0 Å². The van der Waals surface area contributed by atoms with Crippen LogP contribution in [-0.2, 0) is 24.3 Å². The van der Waals surface area contributed by atoms with E-state index < -0.39 is 27.6 Å². The van der Waals surface area contributed by atoms with E-state index in [2.05, 4.69) is 11.3 Å². The maximum absolute atomic E-state index is 13.0. The third-order valence-corrected chi connectivity index (χ3v) is 5.47. The Hall–Kier alpha value is -1.41. The highest BCUT2D eigenvalue weighted by Crippen LogP contribution is 2.23. The number of hydrogen-bond donors (Lipinski definition) is 0. The summed E-state index contributed by atoms with van der Waals surface area (Å²) in [4.78, 5) is 11.8. The lowest BCUT2D eigenvalue weighted by molar-refractivity contribution is -0.145. The molecule has 0 saturated heterocycles. The number of esters is 1. The molecule has 0 heterocycles. The summed E-state index contributed by atoms with van der Waals surface area (Å²) >= 11 is 6.09. The van der Waals surface area contributed by atoms with Crippen LogP contribution in [0.4, 0.5) is 0 Å². The van der Waals surface area contributed by atoms with E-state index in [1.807, 2.05) is 6.92 Å². The first-order valence-electron chi connectivity index (χ1n) is 7.32. The van der Waals surface area contributed by atoms with Gasteiger partial charge in [-0.05, 0) is 26.0 Å². The van der Waals surface area contributed by atoms with Gasteiger partial charge in [-0.3, -0.25) is 4.79 Å². The number of ether oxygens (including phenoxy) is 2. The summed E-state index contributed by atoms with van der Waals surface area (Å²) in [6.07, 6.45) is 0.187. The van der Waals surface area contributed by atoms with Crippen molar-refractivity contribution in [3.8, 4) is 0 Å². The number of rotatable bonds is 9. The second-order valence-electron chi connectivity index (χ2n) is 4.95. The van der Waals surface area contributed by atoms with Crippen molar-refractivity contribution < 1.29 is 22.7 Å². The smallest absolute Gasteiger partial charge is 0.327 e. The van der Waals surface area contributed by atoms with Gasteiger partial charge in [0.1, 0.15) is 0 Å². The number of aryl methyl sites for hydroxylation is 1. The number of carbonyl (C=O) groups excluding carboxylic acids is 1. The molecule has 0 aliphatic rings. The Kier molecular flexibility index (Phi) is 7.89. The van der Waals surface area contributed by atoms with Gasteiger partial charge in [-0.15, -0.1) is 18.2 Å². The number of sulfonamides is 1. The average molecular weight is 376 g/mol. The minimum atomic E-state index is -3.94. The van der Waals surface area contributed by atoms with E-state index in [1.165, 1.54) is 25.3 Å². The summed E-state index contributed by atoms with van der Waals surface area (Å²) in [7, 11) is -2.77. The molecule has 6 nitrogen and oxygen atoms in total. The Balaban J connectivity index is 3.32. The molecule has 0 aromatic heterocycles. The predicted octanol–water partition coefficient (Wildman–Crippen LogP) is 2.31. The second-order valence-corrected chi connectivity index (χ2v) is 7.31. The van der Waals surface area contributed by atoms with Crippen LogP contribution >= 0.6 is 11.6 Å². The van der Waals surface area contributed by atoms with E-state index in [1.54, 1.807) is 19.1 Å². The first-order valence-corrected chi connectivity index (χ1v) is 9.20. The van der Waals surface area contributed by atoms with Crippen molar-refractivity contribution in [3.05, 3.63) is 42.5 Å². The highest BCUT2D eigenvalue weighted by molar-refractivity contribution is 7.89. The van der Waals surface area contributed by atoms with Crippen LogP contribution in [0.5, 0.6) is 0 Å². The number of hydrogen-bond acceptors (Lipinski definition) is 5. The van der Waals surface area contributed by atoms with Crippen LogP contribution in [0.1, 0.15) is 12.5 Å². The van der Waals surface area contributed by atoms with E-state index in [-0.39, 0.29) is 18.0 Å². The van der Waals surface area contributed by atoms with Gasteiger partial charge in [0.2, 0.25) is 10.0 Å². The molecule has 0 unspecified atom stereocenters. The molecular formula is C16H22ClNO5S. The SMILES string of the molecule is C=CCN([C@H](OCC)[C@H](Cl)C(=O)OC)S(=O)(=O)c1ccc(C)cc1. The summed E-state index contributed by atoms with van der Waals surface area (Å²) < 4.78 is 37.0. The number of benzene rings is 1. The normalized spacial score (nSPS) is 14.2. The van der Waals surface area contributed by atoms with Crippen molar-refractivity contribution >= 4 is 27.6 Å². The number of nitrogens with zero attached hydrogens (tertiary/aromatic N) is 1. The zero-order valence-corrected chi connectivity index (χ0v) is 15.5. The lowest BCUT2D eigenvalue weighted by atomic mass is 10.2. The summed E-state index contributed by atoms with van der Waals surface area (Å²) in [5.74, 6) is -0.775. The number of alkyl halides is 1. The summed E-state index contributed by atoms with van der Waals surface area (Å²) in [5.41, 5.74) is 0.926. The van der Waals surface area contributed by atoms with Crippen molar-refractivity contribution in [1.82, 2.24) is 4.31 Å². The molecule has 0 saturated carbocycles. The molecular weight excluding hydrogens is 354 g/mol. The first-order chi connectivity index (χ1) is 11.3. The molecule has 0 fully saturated rings. The van der Waals surface area contributed by atoms with Gasteiger partial charge >= 0.3 is 5.97 Å². The van der Waals surface area contributed by atoms with E-state index in [0.717, 1.165) is 9.87 Å². The quantitative estimate of drug-likeness (QED) is 0.286. The number of methoxy groups -OCH3 is 1. The van der Waals surface area contributed by atoms with Gasteiger partial charge < -0.3 is 9.47 Å². The zero-order valence-electron chi connectivity index (χ0n) is 13.9. The van der Waals surface area contributed by atoms with E-state index >= 15 is 0 Å². The maximum atomic E-state index is 13.0.